The second-order valence-corrected chi connectivity index (χ2v) is 3.89. The van der Waals surface area contributed by atoms with Gasteiger partial charge in [-0.25, -0.2) is 0 Å². The third kappa shape index (κ3) is 3.39. The van der Waals surface area contributed by atoms with Gasteiger partial charge in [0.25, 0.3) is 0 Å². The average molecular weight is 230 g/mol. The Bertz CT molecular complexity index is 436. The standard InChI is InChI=1S/C13H18N4/c1-2-17-13(7-10-16-17)11-14-9-6-12-5-3-4-8-15-12/h3-5,7-8,10,14H,2,6,9,11H2,1H3. The first kappa shape index (κ1) is 11.8. The summed E-state index contributed by atoms with van der Waals surface area (Å²) in [6.45, 7) is 4.82. The maximum Gasteiger partial charge on any atom is 0.0521 e. The highest BCUT2D eigenvalue weighted by Crippen LogP contribution is 1.98. The van der Waals surface area contributed by atoms with E-state index in [0.717, 1.165) is 31.7 Å². The first-order chi connectivity index (χ1) is 8.40. The lowest BCUT2D eigenvalue weighted by Gasteiger charge is -2.06. The number of hydrogen-bond donors (Lipinski definition) is 1. The van der Waals surface area contributed by atoms with Crippen molar-refractivity contribution in [2.24, 2.45) is 0 Å². The first-order valence-electron chi connectivity index (χ1n) is 6.01. The van der Waals surface area contributed by atoms with E-state index in [0.29, 0.717) is 0 Å². The van der Waals surface area contributed by atoms with Gasteiger partial charge in [0.05, 0.1) is 5.69 Å². The van der Waals surface area contributed by atoms with Crippen LogP contribution in [0.2, 0.25) is 0 Å². The van der Waals surface area contributed by atoms with Gasteiger partial charge in [-0.3, -0.25) is 9.67 Å². The van der Waals surface area contributed by atoms with Crippen molar-refractivity contribution in [2.45, 2.75) is 26.4 Å². The number of aryl methyl sites for hydroxylation is 1. The molecule has 0 aliphatic heterocycles. The number of aromatic nitrogens is 3. The SMILES string of the molecule is CCn1nccc1CNCCc1ccccn1. The van der Waals surface area contributed by atoms with E-state index in [2.05, 4.69) is 34.5 Å². The van der Waals surface area contributed by atoms with Crippen molar-refractivity contribution in [3.63, 3.8) is 0 Å². The fourth-order valence-corrected chi connectivity index (χ4v) is 1.77. The third-order valence-corrected chi connectivity index (χ3v) is 2.69. The van der Waals surface area contributed by atoms with Crippen molar-refractivity contribution >= 4 is 0 Å². The van der Waals surface area contributed by atoms with Crippen molar-refractivity contribution in [3.8, 4) is 0 Å². The molecule has 0 fully saturated rings. The van der Waals surface area contributed by atoms with Crippen molar-refractivity contribution in [1.82, 2.24) is 20.1 Å². The van der Waals surface area contributed by atoms with Crippen molar-refractivity contribution in [1.29, 1.82) is 0 Å². The van der Waals surface area contributed by atoms with Crippen LogP contribution in [0.3, 0.4) is 0 Å². The Morgan fingerprint density at radius 2 is 2.18 bits per heavy atom. The zero-order valence-electron chi connectivity index (χ0n) is 10.1. The molecule has 2 rings (SSSR count). The molecule has 0 unspecified atom stereocenters. The van der Waals surface area contributed by atoms with Gasteiger partial charge in [0, 0.05) is 44.1 Å². The number of nitrogens with one attached hydrogen (secondary N) is 1. The molecule has 4 nitrogen and oxygen atoms in total. The molecular formula is C13H18N4. The highest BCUT2D eigenvalue weighted by atomic mass is 15.3. The molecule has 2 aromatic heterocycles. The molecule has 0 aliphatic rings. The fourth-order valence-electron chi connectivity index (χ4n) is 1.77. The van der Waals surface area contributed by atoms with E-state index in [9.17, 15) is 0 Å². The molecule has 17 heavy (non-hydrogen) atoms. The van der Waals surface area contributed by atoms with Crippen LogP contribution in [-0.4, -0.2) is 21.3 Å². The van der Waals surface area contributed by atoms with Gasteiger partial charge in [-0.05, 0) is 25.1 Å². The van der Waals surface area contributed by atoms with Crippen LogP contribution in [0.25, 0.3) is 0 Å². The Balaban J connectivity index is 1.73. The van der Waals surface area contributed by atoms with E-state index in [-0.39, 0.29) is 0 Å². The van der Waals surface area contributed by atoms with Crippen LogP contribution in [0, 0.1) is 0 Å². The molecule has 0 saturated heterocycles. The summed E-state index contributed by atoms with van der Waals surface area (Å²) in [5, 5.41) is 7.65. The van der Waals surface area contributed by atoms with Gasteiger partial charge >= 0.3 is 0 Å². The minimum absolute atomic E-state index is 0.862. The van der Waals surface area contributed by atoms with Crippen LogP contribution in [-0.2, 0) is 19.5 Å². The Morgan fingerprint density at radius 3 is 2.94 bits per heavy atom. The minimum atomic E-state index is 0.862. The van der Waals surface area contributed by atoms with Crippen molar-refractivity contribution in [3.05, 3.63) is 48.0 Å². The average Bonchev–Trinajstić information content (AvgIpc) is 2.83. The molecular weight excluding hydrogens is 212 g/mol. The molecule has 0 amide bonds. The largest absolute Gasteiger partial charge is 0.311 e. The lowest BCUT2D eigenvalue weighted by molar-refractivity contribution is 0.581. The monoisotopic (exact) mass is 230 g/mol. The van der Waals surface area contributed by atoms with Crippen LogP contribution in [0.1, 0.15) is 18.3 Å². The van der Waals surface area contributed by atoms with Gasteiger partial charge in [0.2, 0.25) is 0 Å². The molecule has 1 N–H and O–H groups in total. The van der Waals surface area contributed by atoms with Gasteiger partial charge in [-0.2, -0.15) is 5.10 Å². The number of hydrogen-bond acceptors (Lipinski definition) is 3. The van der Waals surface area contributed by atoms with Gasteiger partial charge in [-0.1, -0.05) is 6.07 Å². The zero-order valence-corrected chi connectivity index (χ0v) is 10.1. The number of nitrogens with zero attached hydrogens (tertiary/aromatic N) is 3. The second-order valence-electron chi connectivity index (χ2n) is 3.89. The third-order valence-electron chi connectivity index (χ3n) is 2.69. The molecule has 2 aromatic rings. The topological polar surface area (TPSA) is 42.7 Å². The molecule has 4 heteroatoms. The molecule has 0 spiro atoms. The number of rotatable bonds is 6. The van der Waals surface area contributed by atoms with E-state index in [1.54, 1.807) is 0 Å². The summed E-state index contributed by atoms with van der Waals surface area (Å²) < 4.78 is 2.01. The van der Waals surface area contributed by atoms with E-state index in [1.807, 2.05) is 29.2 Å². The predicted octanol–water partition coefficient (Wildman–Crippen LogP) is 1.63. The highest BCUT2D eigenvalue weighted by Gasteiger charge is 1.99. The first-order valence-corrected chi connectivity index (χ1v) is 6.01. The maximum absolute atomic E-state index is 4.29. The smallest absolute Gasteiger partial charge is 0.0521 e. The van der Waals surface area contributed by atoms with E-state index < -0.39 is 0 Å². The van der Waals surface area contributed by atoms with Crippen LogP contribution in [0.15, 0.2) is 36.7 Å². The lowest BCUT2D eigenvalue weighted by atomic mass is 10.2. The molecule has 0 bridgehead atoms. The van der Waals surface area contributed by atoms with E-state index >= 15 is 0 Å². The molecule has 90 valence electrons. The molecule has 0 aliphatic carbocycles. The fraction of sp³-hybridized carbons (Fsp3) is 0.385. The van der Waals surface area contributed by atoms with Gasteiger partial charge < -0.3 is 5.32 Å². The normalized spacial score (nSPS) is 10.6. The second kappa shape index (κ2) is 6.15. The minimum Gasteiger partial charge on any atom is -0.311 e. The predicted molar refractivity (Wildman–Crippen MR) is 67.5 cm³/mol. The Labute approximate surface area is 102 Å². The zero-order chi connectivity index (χ0) is 11.9. The summed E-state index contributed by atoms with van der Waals surface area (Å²) in [4.78, 5) is 4.29. The molecule has 0 atom stereocenters. The maximum atomic E-state index is 4.29. The summed E-state index contributed by atoms with van der Waals surface area (Å²) in [5.41, 5.74) is 2.36. The molecule has 0 aromatic carbocycles. The molecule has 0 saturated carbocycles. The Hall–Kier alpha value is -1.68. The van der Waals surface area contributed by atoms with Gasteiger partial charge in [-0.15, -0.1) is 0 Å². The Morgan fingerprint density at radius 1 is 1.24 bits per heavy atom. The Kier molecular flexibility index (Phi) is 4.27. The van der Waals surface area contributed by atoms with Crippen LogP contribution in [0.4, 0.5) is 0 Å². The quantitative estimate of drug-likeness (QED) is 0.767. The highest BCUT2D eigenvalue weighted by molar-refractivity contribution is 5.04. The summed E-state index contributed by atoms with van der Waals surface area (Å²) in [6, 6.07) is 8.07. The summed E-state index contributed by atoms with van der Waals surface area (Å²) in [5.74, 6) is 0. The van der Waals surface area contributed by atoms with Gasteiger partial charge in [0.1, 0.15) is 0 Å². The van der Waals surface area contributed by atoms with Crippen molar-refractivity contribution < 1.29 is 0 Å². The molecule has 0 radical (unpaired) electrons. The summed E-state index contributed by atoms with van der Waals surface area (Å²) in [6.07, 6.45) is 4.64. The van der Waals surface area contributed by atoms with Crippen molar-refractivity contribution in [2.75, 3.05) is 6.54 Å². The van der Waals surface area contributed by atoms with E-state index in [4.69, 9.17) is 0 Å². The van der Waals surface area contributed by atoms with Crippen LogP contribution in [0.5, 0.6) is 0 Å². The van der Waals surface area contributed by atoms with Crippen LogP contribution < -0.4 is 5.32 Å². The number of pyridine rings is 1. The van der Waals surface area contributed by atoms with Crippen LogP contribution >= 0.6 is 0 Å². The summed E-state index contributed by atoms with van der Waals surface area (Å²) >= 11 is 0. The summed E-state index contributed by atoms with van der Waals surface area (Å²) in [7, 11) is 0. The molecule has 2 heterocycles. The van der Waals surface area contributed by atoms with Gasteiger partial charge in [0.15, 0.2) is 0 Å². The van der Waals surface area contributed by atoms with E-state index in [1.165, 1.54) is 5.69 Å². The lowest BCUT2D eigenvalue weighted by Crippen LogP contribution is -2.19.